The Kier molecular flexibility index (Phi) is 4.50. The molecule has 2 aromatic carbocycles. The molecule has 142 valence electrons. The minimum atomic E-state index is -4.73. The van der Waals surface area contributed by atoms with E-state index in [0.717, 1.165) is 22.4 Å². The minimum absolute atomic E-state index is 0.280. The van der Waals surface area contributed by atoms with Crippen LogP contribution in [0.5, 0.6) is 5.75 Å². The van der Waals surface area contributed by atoms with Gasteiger partial charge in [-0.1, -0.05) is 18.2 Å². The van der Waals surface area contributed by atoms with Crippen LogP contribution in [-0.2, 0) is 6.54 Å². The summed E-state index contributed by atoms with van der Waals surface area (Å²) >= 11 is 0. The maximum absolute atomic E-state index is 13.3. The zero-order valence-corrected chi connectivity index (χ0v) is 14.4. The van der Waals surface area contributed by atoms with Crippen LogP contribution >= 0.6 is 0 Å². The number of fused-ring (bicyclic) bond motifs is 1. The van der Waals surface area contributed by atoms with Gasteiger partial charge in [0.1, 0.15) is 11.6 Å². The van der Waals surface area contributed by atoms with Crippen LogP contribution in [0.1, 0.15) is 16.8 Å². The predicted octanol–water partition coefficient (Wildman–Crippen LogP) is 5.53. The summed E-state index contributed by atoms with van der Waals surface area (Å²) in [5.74, 6) is -0.614. The Morgan fingerprint density at radius 3 is 2.32 bits per heavy atom. The summed E-state index contributed by atoms with van der Waals surface area (Å²) in [6.45, 7) is 0.507. The minimum Gasteiger partial charge on any atom is -0.406 e. The van der Waals surface area contributed by atoms with Gasteiger partial charge < -0.3 is 9.64 Å². The van der Waals surface area contributed by atoms with E-state index in [4.69, 9.17) is 0 Å². The molecule has 0 aliphatic carbocycles. The largest absolute Gasteiger partial charge is 0.573 e. The second-order valence-electron chi connectivity index (χ2n) is 6.23. The molecule has 0 spiro atoms. The van der Waals surface area contributed by atoms with Crippen LogP contribution < -0.4 is 9.64 Å². The number of rotatable bonds is 3. The van der Waals surface area contributed by atoms with E-state index in [9.17, 15) is 17.6 Å². The molecule has 28 heavy (non-hydrogen) atoms. The first-order chi connectivity index (χ1) is 13.4. The van der Waals surface area contributed by atoms with Crippen molar-refractivity contribution in [3.8, 4) is 5.75 Å². The van der Waals surface area contributed by atoms with Crippen LogP contribution in [0.4, 0.5) is 23.2 Å². The van der Waals surface area contributed by atoms with Gasteiger partial charge in [-0.3, -0.25) is 4.98 Å². The standard InChI is InChI=1S/C21H14F4N2O/c22-16-5-3-14(4-6-16)19-13-27(12-15-2-1-11-26-20(15)19)17-7-9-18(10-8-17)28-21(23,24)25/h1-11,13H,12H2. The zero-order valence-electron chi connectivity index (χ0n) is 14.4. The predicted molar refractivity (Wildman–Crippen MR) is 97.0 cm³/mol. The molecule has 0 fully saturated rings. The number of hydrogen-bond acceptors (Lipinski definition) is 3. The van der Waals surface area contributed by atoms with E-state index in [2.05, 4.69) is 9.72 Å². The second kappa shape index (κ2) is 6.99. The molecule has 1 aliphatic rings. The number of alkyl halides is 3. The van der Waals surface area contributed by atoms with Gasteiger partial charge in [0.25, 0.3) is 0 Å². The number of benzene rings is 2. The van der Waals surface area contributed by atoms with Crippen molar-refractivity contribution >= 4 is 11.3 Å². The third-order valence-corrected chi connectivity index (χ3v) is 4.33. The Balaban J connectivity index is 1.70. The molecule has 0 N–H and O–H groups in total. The quantitative estimate of drug-likeness (QED) is 0.554. The number of nitrogens with zero attached hydrogens (tertiary/aromatic N) is 2. The van der Waals surface area contributed by atoms with Gasteiger partial charge in [-0.25, -0.2) is 4.39 Å². The van der Waals surface area contributed by atoms with Gasteiger partial charge in [0.2, 0.25) is 0 Å². The molecule has 4 rings (SSSR count). The van der Waals surface area contributed by atoms with E-state index in [1.54, 1.807) is 30.5 Å². The summed E-state index contributed by atoms with van der Waals surface area (Å²) in [5.41, 5.74) is 4.05. The molecule has 0 radical (unpaired) electrons. The highest BCUT2D eigenvalue weighted by molar-refractivity contribution is 5.83. The third kappa shape index (κ3) is 3.83. The van der Waals surface area contributed by atoms with Crippen molar-refractivity contribution < 1.29 is 22.3 Å². The molecule has 7 heteroatoms. The fourth-order valence-corrected chi connectivity index (χ4v) is 3.10. The Bertz CT molecular complexity index is 1010. The van der Waals surface area contributed by atoms with E-state index in [1.165, 1.54) is 24.3 Å². The van der Waals surface area contributed by atoms with Crippen LogP contribution in [-0.4, -0.2) is 11.3 Å². The molecule has 1 aliphatic heterocycles. The molecule has 0 atom stereocenters. The highest BCUT2D eigenvalue weighted by Gasteiger charge is 2.31. The molecule has 3 nitrogen and oxygen atoms in total. The molecule has 0 bridgehead atoms. The van der Waals surface area contributed by atoms with Gasteiger partial charge >= 0.3 is 6.36 Å². The topological polar surface area (TPSA) is 25.4 Å². The number of aromatic nitrogens is 1. The molecule has 0 unspecified atom stereocenters. The van der Waals surface area contributed by atoms with Crippen LogP contribution in [0.3, 0.4) is 0 Å². The summed E-state index contributed by atoms with van der Waals surface area (Å²) in [4.78, 5) is 6.35. The lowest BCUT2D eigenvalue weighted by Crippen LogP contribution is -2.22. The Morgan fingerprint density at radius 2 is 1.64 bits per heavy atom. The molecule has 2 heterocycles. The van der Waals surface area contributed by atoms with E-state index in [-0.39, 0.29) is 11.6 Å². The normalized spacial score (nSPS) is 13.7. The van der Waals surface area contributed by atoms with Crippen LogP contribution in [0.2, 0.25) is 0 Å². The van der Waals surface area contributed by atoms with E-state index in [0.29, 0.717) is 12.2 Å². The first-order valence-corrected chi connectivity index (χ1v) is 8.43. The summed E-state index contributed by atoms with van der Waals surface area (Å²) in [6, 6.07) is 15.5. The molecular formula is C21H14F4N2O. The molecule has 3 aromatic rings. The lowest BCUT2D eigenvalue weighted by Gasteiger charge is -2.28. The summed E-state index contributed by atoms with van der Waals surface area (Å²) < 4.78 is 54.3. The average molecular weight is 386 g/mol. The molecule has 1 aromatic heterocycles. The average Bonchev–Trinajstić information content (AvgIpc) is 2.67. The fourth-order valence-electron chi connectivity index (χ4n) is 3.10. The van der Waals surface area contributed by atoms with Crippen molar-refractivity contribution in [2.45, 2.75) is 12.9 Å². The highest BCUT2D eigenvalue weighted by atomic mass is 19.4. The van der Waals surface area contributed by atoms with E-state index < -0.39 is 6.36 Å². The van der Waals surface area contributed by atoms with Crippen LogP contribution in [0, 0.1) is 5.82 Å². The molecule has 0 amide bonds. The molecule has 0 saturated carbocycles. The van der Waals surface area contributed by atoms with Gasteiger partial charge in [0.05, 0.1) is 5.69 Å². The van der Waals surface area contributed by atoms with E-state index in [1.807, 2.05) is 23.2 Å². The van der Waals surface area contributed by atoms with Crippen molar-refractivity contribution in [1.82, 2.24) is 4.98 Å². The number of hydrogen-bond donors (Lipinski definition) is 0. The maximum atomic E-state index is 13.3. The summed E-state index contributed by atoms with van der Waals surface area (Å²) in [6.07, 6.45) is -1.18. The van der Waals surface area contributed by atoms with Gasteiger partial charge in [0, 0.05) is 30.2 Å². The monoisotopic (exact) mass is 386 g/mol. The first-order valence-electron chi connectivity index (χ1n) is 8.43. The lowest BCUT2D eigenvalue weighted by molar-refractivity contribution is -0.274. The van der Waals surface area contributed by atoms with Crippen molar-refractivity contribution in [1.29, 1.82) is 0 Å². The van der Waals surface area contributed by atoms with Gasteiger partial charge in [-0.15, -0.1) is 13.2 Å². The smallest absolute Gasteiger partial charge is 0.406 e. The summed E-state index contributed by atoms with van der Waals surface area (Å²) in [5, 5.41) is 0. The second-order valence-corrected chi connectivity index (χ2v) is 6.23. The van der Waals surface area contributed by atoms with Gasteiger partial charge in [0.15, 0.2) is 0 Å². The van der Waals surface area contributed by atoms with Crippen molar-refractivity contribution in [2.75, 3.05) is 4.90 Å². The maximum Gasteiger partial charge on any atom is 0.573 e. The van der Waals surface area contributed by atoms with Gasteiger partial charge in [-0.2, -0.15) is 0 Å². The Morgan fingerprint density at radius 1 is 0.929 bits per heavy atom. The van der Waals surface area contributed by atoms with Crippen LogP contribution in [0.15, 0.2) is 73.1 Å². The van der Waals surface area contributed by atoms with Crippen molar-refractivity contribution in [3.05, 3.63) is 95.7 Å². The Hall–Kier alpha value is -3.35. The first kappa shape index (κ1) is 18.0. The van der Waals surface area contributed by atoms with Crippen molar-refractivity contribution in [2.24, 2.45) is 0 Å². The van der Waals surface area contributed by atoms with Gasteiger partial charge in [-0.05, 0) is 53.6 Å². The summed E-state index contributed by atoms with van der Waals surface area (Å²) in [7, 11) is 0. The van der Waals surface area contributed by atoms with E-state index >= 15 is 0 Å². The zero-order chi connectivity index (χ0) is 19.7. The van der Waals surface area contributed by atoms with Crippen LogP contribution in [0.25, 0.3) is 5.57 Å². The third-order valence-electron chi connectivity index (χ3n) is 4.33. The SMILES string of the molecule is Fc1ccc(C2=CN(c3ccc(OC(F)(F)F)cc3)Cc3cccnc32)cc1. The Labute approximate surface area is 158 Å². The fraction of sp³-hybridized carbons (Fsp3) is 0.0952. The number of ether oxygens (including phenoxy) is 1. The number of anilines is 1. The lowest BCUT2D eigenvalue weighted by atomic mass is 9.96. The molecule has 0 saturated heterocycles. The molecular weight excluding hydrogens is 372 g/mol. The highest BCUT2D eigenvalue weighted by Crippen LogP contribution is 2.34. The van der Waals surface area contributed by atoms with Crippen molar-refractivity contribution in [3.63, 3.8) is 0 Å². The number of halogens is 4. The number of pyridine rings is 1.